The van der Waals surface area contributed by atoms with E-state index >= 15 is 0 Å². The van der Waals surface area contributed by atoms with Crippen LogP contribution in [0.15, 0.2) is 23.1 Å². The summed E-state index contributed by atoms with van der Waals surface area (Å²) in [5, 5.41) is 0. The molecule has 27 heavy (non-hydrogen) atoms. The zero-order valence-corrected chi connectivity index (χ0v) is 17.1. The molecular weight excluding hydrogens is 364 g/mol. The molecule has 2 aliphatic rings. The van der Waals surface area contributed by atoms with Crippen molar-refractivity contribution in [3.05, 3.63) is 23.8 Å². The first-order chi connectivity index (χ1) is 12.9. The summed E-state index contributed by atoms with van der Waals surface area (Å²) in [4.78, 5) is 14.9. The molecule has 1 amide bonds. The van der Waals surface area contributed by atoms with E-state index in [0.29, 0.717) is 37.2 Å². The second-order valence-electron chi connectivity index (χ2n) is 7.69. The quantitative estimate of drug-likeness (QED) is 0.833. The molecule has 2 fully saturated rings. The molecule has 1 heterocycles. The minimum absolute atomic E-state index is 0.132. The number of sulfonamides is 1. The minimum Gasteiger partial charge on any atom is -0.497 e. The molecule has 1 aliphatic heterocycles. The van der Waals surface area contributed by atoms with Crippen molar-refractivity contribution in [2.45, 2.75) is 62.8 Å². The van der Waals surface area contributed by atoms with Crippen molar-refractivity contribution in [2.24, 2.45) is 5.92 Å². The van der Waals surface area contributed by atoms with Gasteiger partial charge in [-0.1, -0.05) is 19.3 Å². The van der Waals surface area contributed by atoms with E-state index in [1.807, 2.05) is 4.90 Å². The Bertz CT molecular complexity index is 764. The van der Waals surface area contributed by atoms with E-state index in [9.17, 15) is 13.2 Å². The SMILES string of the molecule is COc1ccc(S(=O)(=O)NC2CCN(C(=O)C3CCCCC3)CC2)c(C)c1. The lowest BCUT2D eigenvalue weighted by Gasteiger charge is -2.35. The third-order valence-corrected chi connectivity index (χ3v) is 7.44. The summed E-state index contributed by atoms with van der Waals surface area (Å²) in [5.74, 6) is 1.08. The van der Waals surface area contributed by atoms with Crippen molar-refractivity contribution >= 4 is 15.9 Å². The number of nitrogens with one attached hydrogen (secondary N) is 1. The molecule has 1 saturated carbocycles. The normalized spacial score (nSPS) is 19.9. The fourth-order valence-corrected chi connectivity index (χ4v) is 5.69. The summed E-state index contributed by atoms with van der Waals surface area (Å²) in [5.41, 5.74) is 0.659. The molecule has 150 valence electrons. The van der Waals surface area contributed by atoms with Gasteiger partial charge in [-0.2, -0.15) is 0 Å². The van der Waals surface area contributed by atoms with E-state index < -0.39 is 10.0 Å². The number of hydrogen-bond donors (Lipinski definition) is 1. The summed E-state index contributed by atoms with van der Waals surface area (Å²) in [6.45, 7) is 3.02. The molecule has 1 aromatic rings. The van der Waals surface area contributed by atoms with Crippen molar-refractivity contribution < 1.29 is 17.9 Å². The molecule has 0 radical (unpaired) electrons. The Morgan fingerprint density at radius 1 is 1.11 bits per heavy atom. The highest BCUT2D eigenvalue weighted by molar-refractivity contribution is 7.89. The van der Waals surface area contributed by atoms with Crippen molar-refractivity contribution in [2.75, 3.05) is 20.2 Å². The largest absolute Gasteiger partial charge is 0.497 e. The molecule has 6 nitrogen and oxygen atoms in total. The van der Waals surface area contributed by atoms with Crippen LogP contribution in [-0.4, -0.2) is 45.5 Å². The second kappa shape index (κ2) is 8.61. The Kier molecular flexibility index (Phi) is 6.42. The fraction of sp³-hybridized carbons (Fsp3) is 0.650. The van der Waals surface area contributed by atoms with Crippen LogP contribution < -0.4 is 9.46 Å². The van der Waals surface area contributed by atoms with Gasteiger partial charge < -0.3 is 9.64 Å². The predicted molar refractivity (Wildman–Crippen MR) is 104 cm³/mol. The Morgan fingerprint density at radius 2 is 1.78 bits per heavy atom. The highest BCUT2D eigenvalue weighted by atomic mass is 32.2. The average Bonchev–Trinajstić information content (AvgIpc) is 2.68. The molecule has 0 atom stereocenters. The monoisotopic (exact) mass is 394 g/mol. The van der Waals surface area contributed by atoms with Gasteiger partial charge in [-0.3, -0.25) is 4.79 Å². The Labute approximate surface area is 162 Å². The fourth-order valence-electron chi connectivity index (χ4n) is 4.16. The van der Waals surface area contributed by atoms with E-state index in [2.05, 4.69) is 4.72 Å². The van der Waals surface area contributed by atoms with Crippen LogP contribution in [0.5, 0.6) is 5.75 Å². The number of carbonyl (C=O) groups is 1. The summed E-state index contributed by atoms with van der Waals surface area (Å²) < 4.78 is 33.5. The van der Waals surface area contributed by atoms with Crippen LogP contribution in [0.4, 0.5) is 0 Å². The maximum Gasteiger partial charge on any atom is 0.241 e. The molecule has 7 heteroatoms. The van der Waals surface area contributed by atoms with Crippen molar-refractivity contribution in [1.29, 1.82) is 0 Å². The second-order valence-corrected chi connectivity index (χ2v) is 9.37. The van der Waals surface area contributed by atoms with E-state index in [1.165, 1.54) is 6.42 Å². The van der Waals surface area contributed by atoms with Crippen LogP contribution in [0.3, 0.4) is 0 Å². The lowest BCUT2D eigenvalue weighted by Crippen LogP contribution is -2.48. The first kappa shape index (κ1) is 20.1. The molecule has 1 saturated heterocycles. The minimum atomic E-state index is -3.58. The van der Waals surface area contributed by atoms with E-state index in [0.717, 1.165) is 25.7 Å². The lowest BCUT2D eigenvalue weighted by molar-refractivity contribution is -0.137. The molecular formula is C20H30N2O4S. The van der Waals surface area contributed by atoms with Crippen LogP contribution >= 0.6 is 0 Å². The van der Waals surface area contributed by atoms with E-state index in [4.69, 9.17) is 4.74 Å². The Balaban J connectivity index is 1.57. The van der Waals surface area contributed by atoms with Crippen LogP contribution in [0, 0.1) is 12.8 Å². The number of carbonyl (C=O) groups excluding carboxylic acids is 1. The van der Waals surface area contributed by atoms with Crippen LogP contribution in [0.25, 0.3) is 0 Å². The average molecular weight is 395 g/mol. The summed E-state index contributed by atoms with van der Waals surface area (Å²) >= 11 is 0. The highest BCUT2D eigenvalue weighted by Gasteiger charge is 2.31. The van der Waals surface area contributed by atoms with Gasteiger partial charge in [0.1, 0.15) is 5.75 Å². The van der Waals surface area contributed by atoms with Crippen LogP contribution in [0.1, 0.15) is 50.5 Å². The van der Waals surface area contributed by atoms with Crippen molar-refractivity contribution in [1.82, 2.24) is 9.62 Å². The number of piperidine rings is 1. The van der Waals surface area contributed by atoms with Crippen molar-refractivity contribution in [3.63, 3.8) is 0 Å². The molecule has 3 rings (SSSR count). The van der Waals surface area contributed by atoms with Crippen LogP contribution in [-0.2, 0) is 14.8 Å². The number of likely N-dealkylation sites (tertiary alicyclic amines) is 1. The maximum absolute atomic E-state index is 12.8. The van der Waals surface area contributed by atoms with Gasteiger partial charge in [-0.05, 0) is 56.4 Å². The van der Waals surface area contributed by atoms with Gasteiger partial charge in [-0.25, -0.2) is 13.1 Å². The van der Waals surface area contributed by atoms with Gasteiger partial charge in [0.15, 0.2) is 0 Å². The predicted octanol–water partition coefficient (Wildman–Crippen LogP) is 2.85. The number of benzene rings is 1. The first-order valence-corrected chi connectivity index (χ1v) is 11.3. The van der Waals surface area contributed by atoms with Gasteiger partial charge in [0, 0.05) is 25.0 Å². The Hall–Kier alpha value is -1.60. The number of methoxy groups -OCH3 is 1. The summed E-state index contributed by atoms with van der Waals surface area (Å²) in [7, 11) is -2.02. The third-order valence-electron chi connectivity index (χ3n) is 5.75. The van der Waals surface area contributed by atoms with Crippen molar-refractivity contribution in [3.8, 4) is 5.75 Å². The van der Waals surface area contributed by atoms with Gasteiger partial charge in [0.2, 0.25) is 15.9 Å². The zero-order chi connectivity index (χ0) is 19.4. The number of hydrogen-bond acceptors (Lipinski definition) is 4. The zero-order valence-electron chi connectivity index (χ0n) is 16.2. The number of rotatable bonds is 5. The summed E-state index contributed by atoms with van der Waals surface area (Å²) in [6.07, 6.45) is 6.85. The first-order valence-electron chi connectivity index (χ1n) is 9.86. The van der Waals surface area contributed by atoms with Gasteiger partial charge in [0.05, 0.1) is 12.0 Å². The van der Waals surface area contributed by atoms with Gasteiger partial charge in [-0.15, -0.1) is 0 Å². The van der Waals surface area contributed by atoms with Gasteiger partial charge >= 0.3 is 0 Å². The third kappa shape index (κ3) is 4.82. The molecule has 0 aromatic heterocycles. The summed E-state index contributed by atoms with van der Waals surface area (Å²) in [6, 6.07) is 4.83. The number of ether oxygens (including phenoxy) is 1. The van der Waals surface area contributed by atoms with Gasteiger partial charge in [0.25, 0.3) is 0 Å². The molecule has 0 spiro atoms. The highest BCUT2D eigenvalue weighted by Crippen LogP contribution is 2.27. The molecule has 0 bridgehead atoms. The number of amides is 1. The molecule has 1 N–H and O–H groups in total. The van der Waals surface area contributed by atoms with Crippen LogP contribution in [0.2, 0.25) is 0 Å². The number of aryl methyl sites for hydroxylation is 1. The molecule has 1 aromatic carbocycles. The lowest BCUT2D eigenvalue weighted by atomic mass is 9.87. The Morgan fingerprint density at radius 3 is 2.37 bits per heavy atom. The topological polar surface area (TPSA) is 75.7 Å². The standard InChI is InChI=1S/C20H30N2O4S/c1-15-14-18(26-2)8-9-19(15)27(24,25)21-17-10-12-22(13-11-17)20(23)16-6-4-3-5-7-16/h8-9,14,16-17,21H,3-7,10-13H2,1-2H3. The maximum atomic E-state index is 12.8. The smallest absolute Gasteiger partial charge is 0.241 e. The van der Waals surface area contributed by atoms with E-state index in [-0.39, 0.29) is 22.8 Å². The number of nitrogens with zero attached hydrogens (tertiary/aromatic N) is 1. The molecule has 1 aliphatic carbocycles. The molecule has 0 unspecified atom stereocenters. The van der Waals surface area contributed by atoms with E-state index in [1.54, 1.807) is 32.2 Å².